The zero-order valence-corrected chi connectivity index (χ0v) is 17.2. The van der Waals surface area contributed by atoms with E-state index in [1.165, 1.54) is 0 Å². The minimum atomic E-state index is -4.02. The standard InChI is InChI=1S/C21H18ClF2NO3S/c1-13(25-29(26,27)17-8-9-19(23)20(24)12-17)14-3-5-15(6-4-14)18-11-16(22)7-10-21(18)28-2/h3-13,25H,1-2H3/t13-/m1/s1. The third-order valence-electron chi connectivity index (χ3n) is 4.42. The molecule has 0 saturated carbocycles. The fourth-order valence-electron chi connectivity index (χ4n) is 2.87. The van der Waals surface area contributed by atoms with E-state index in [9.17, 15) is 17.2 Å². The summed E-state index contributed by atoms with van der Waals surface area (Å²) in [7, 11) is -2.45. The van der Waals surface area contributed by atoms with Gasteiger partial charge >= 0.3 is 0 Å². The number of benzene rings is 3. The molecule has 0 bridgehead atoms. The number of hydrogen-bond acceptors (Lipinski definition) is 3. The molecule has 4 nitrogen and oxygen atoms in total. The average molecular weight is 438 g/mol. The van der Waals surface area contributed by atoms with Gasteiger partial charge in [0.15, 0.2) is 11.6 Å². The van der Waals surface area contributed by atoms with Gasteiger partial charge in [0.05, 0.1) is 12.0 Å². The third-order valence-corrected chi connectivity index (χ3v) is 6.19. The molecule has 0 heterocycles. The second-order valence-electron chi connectivity index (χ2n) is 6.39. The van der Waals surface area contributed by atoms with Gasteiger partial charge in [-0.1, -0.05) is 35.9 Å². The Bertz CT molecular complexity index is 1140. The number of halogens is 3. The van der Waals surface area contributed by atoms with Gasteiger partial charge in [-0.15, -0.1) is 0 Å². The van der Waals surface area contributed by atoms with E-state index in [0.717, 1.165) is 23.3 Å². The van der Waals surface area contributed by atoms with Crippen LogP contribution in [0, 0.1) is 11.6 Å². The molecule has 3 aromatic rings. The van der Waals surface area contributed by atoms with Crippen LogP contribution >= 0.6 is 11.6 Å². The maximum Gasteiger partial charge on any atom is 0.241 e. The summed E-state index contributed by atoms with van der Waals surface area (Å²) in [5.41, 5.74) is 2.35. The number of methoxy groups -OCH3 is 1. The lowest BCUT2D eigenvalue weighted by Gasteiger charge is -2.16. The van der Waals surface area contributed by atoms with E-state index in [1.54, 1.807) is 44.4 Å². The quantitative estimate of drug-likeness (QED) is 0.566. The van der Waals surface area contributed by atoms with E-state index < -0.39 is 27.7 Å². The van der Waals surface area contributed by atoms with Gasteiger partial charge in [-0.3, -0.25) is 0 Å². The molecule has 1 atom stereocenters. The van der Waals surface area contributed by atoms with Crippen molar-refractivity contribution in [2.75, 3.05) is 7.11 Å². The van der Waals surface area contributed by atoms with Crippen molar-refractivity contribution in [2.24, 2.45) is 0 Å². The van der Waals surface area contributed by atoms with Crippen LogP contribution in [0.1, 0.15) is 18.5 Å². The zero-order chi connectivity index (χ0) is 21.2. The first kappa shape index (κ1) is 21.2. The highest BCUT2D eigenvalue weighted by atomic mass is 35.5. The Kier molecular flexibility index (Phi) is 6.21. The fraction of sp³-hybridized carbons (Fsp3) is 0.143. The molecule has 0 aliphatic rings. The van der Waals surface area contributed by atoms with Crippen LogP contribution in [0.5, 0.6) is 5.75 Å². The molecular formula is C21H18ClF2NO3S. The first-order valence-electron chi connectivity index (χ1n) is 8.62. The maximum absolute atomic E-state index is 13.4. The lowest BCUT2D eigenvalue weighted by atomic mass is 10.0. The highest BCUT2D eigenvalue weighted by molar-refractivity contribution is 7.89. The molecule has 3 aromatic carbocycles. The van der Waals surface area contributed by atoms with Crippen molar-refractivity contribution in [3.63, 3.8) is 0 Å². The highest BCUT2D eigenvalue weighted by Crippen LogP contribution is 2.33. The van der Waals surface area contributed by atoms with Crippen molar-refractivity contribution in [1.82, 2.24) is 4.72 Å². The summed E-state index contributed by atoms with van der Waals surface area (Å²) in [5.74, 6) is -1.67. The van der Waals surface area contributed by atoms with Gasteiger partial charge in [0, 0.05) is 16.6 Å². The van der Waals surface area contributed by atoms with E-state index >= 15 is 0 Å². The monoisotopic (exact) mass is 437 g/mol. The summed E-state index contributed by atoms with van der Waals surface area (Å²) in [6.45, 7) is 1.66. The first-order valence-corrected chi connectivity index (χ1v) is 10.5. The van der Waals surface area contributed by atoms with Crippen molar-refractivity contribution >= 4 is 21.6 Å². The smallest absolute Gasteiger partial charge is 0.241 e. The summed E-state index contributed by atoms with van der Waals surface area (Å²) in [6.07, 6.45) is 0. The molecule has 0 saturated heterocycles. The second-order valence-corrected chi connectivity index (χ2v) is 8.54. The topological polar surface area (TPSA) is 55.4 Å². The Morgan fingerprint density at radius 2 is 1.66 bits per heavy atom. The van der Waals surface area contributed by atoms with Crippen LogP contribution < -0.4 is 9.46 Å². The molecule has 152 valence electrons. The molecule has 0 amide bonds. The molecule has 0 unspecified atom stereocenters. The molecule has 0 aliphatic carbocycles. The molecule has 0 spiro atoms. The normalized spacial score (nSPS) is 12.6. The summed E-state index contributed by atoms with van der Waals surface area (Å²) in [6, 6.07) is 14.3. The van der Waals surface area contributed by atoms with Gasteiger partial charge in [0.25, 0.3) is 0 Å². The molecule has 0 radical (unpaired) electrons. The first-order chi connectivity index (χ1) is 13.7. The fourth-order valence-corrected chi connectivity index (χ4v) is 4.29. The lowest BCUT2D eigenvalue weighted by molar-refractivity contribution is 0.416. The number of rotatable bonds is 6. The van der Waals surface area contributed by atoms with Crippen LogP contribution in [0.15, 0.2) is 65.6 Å². The SMILES string of the molecule is COc1ccc(Cl)cc1-c1ccc([C@@H](C)NS(=O)(=O)c2ccc(F)c(F)c2)cc1. The number of hydrogen-bond donors (Lipinski definition) is 1. The van der Waals surface area contributed by atoms with Crippen LogP contribution in [-0.2, 0) is 10.0 Å². The van der Waals surface area contributed by atoms with Crippen molar-refractivity contribution in [2.45, 2.75) is 17.9 Å². The Hall–Kier alpha value is -2.48. The van der Waals surface area contributed by atoms with Crippen molar-refractivity contribution < 1.29 is 21.9 Å². The van der Waals surface area contributed by atoms with Crippen LogP contribution in [-0.4, -0.2) is 15.5 Å². The molecule has 1 N–H and O–H groups in total. The summed E-state index contributed by atoms with van der Waals surface area (Å²) >= 11 is 6.07. The Labute approximate surface area is 173 Å². The van der Waals surface area contributed by atoms with Gasteiger partial charge < -0.3 is 4.74 Å². The van der Waals surface area contributed by atoms with Gasteiger partial charge in [0.1, 0.15) is 5.75 Å². The van der Waals surface area contributed by atoms with Crippen LogP contribution in [0.25, 0.3) is 11.1 Å². The van der Waals surface area contributed by atoms with Crippen molar-refractivity contribution in [1.29, 1.82) is 0 Å². The molecular weight excluding hydrogens is 420 g/mol. The number of nitrogens with one attached hydrogen (secondary N) is 1. The van der Waals surface area contributed by atoms with Crippen LogP contribution in [0.2, 0.25) is 5.02 Å². The number of ether oxygens (including phenoxy) is 1. The van der Waals surface area contributed by atoms with E-state index in [4.69, 9.17) is 16.3 Å². The second kappa shape index (κ2) is 8.49. The Morgan fingerprint density at radius 1 is 0.966 bits per heavy atom. The van der Waals surface area contributed by atoms with E-state index in [1.807, 2.05) is 12.1 Å². The molecule has 29 heavy (non-hydrogen) atoms. The van der Waals surface area contributed by atoms with Crippen LogP contribution in [0.3, 0.4) is 0 Å². The highest BCUT2D eigenvalue weighted by Gasteiger charge is 2.20. The zero-order valence-electron chi connectivity index (χ0n) is 15.6. The van der Waals surface area contributed by atoms with Crippen molar-refractivity contribution in [3.8, 4) is 16.9 Å². The Balaban J connectivity index is 1.83. The molecule has 0 fully saturated rings. The average Bonchev–Trinajstić information content (AvgIpc) is 2.69. The number of sulfonamides is 1. The van der Waals surface area contributed by atoms with E-state index in [0.29, 0.717) is 22.4 Å². The molecule has 8 heteroatoms. The Morgan fingerprint density at radius 3 is 2.28 bits per heavy atom. The van der Waals surface area contributed by atoms with E-state index in [-0.39, 0.29) is 4.90 Å². The lowest BCUT2D eigenvalue weighted by Crippen LogP contribution is -2.27. The predicted octanol–water partition coefficient (Wildman–Crippen LogP) is 5.33. The maximum atomic E-state index is 13.4. The van der Waals surface area contributed by atoms with Gasteiger partial charge in [-0.2, -0.15) is 0 Å². The van der Waals surface area contributed by atoms with E-state index in [2.05, 4.69) is 4.72 Å². The summed E-state index contributed by atoms with van der Waals surface area (Å²) < 4.78 is 59.2. The van der Waals surface area contributed by atoms with Crippen LogP contribution in [0.4, 0.5) is 8.78 Å². The molecule has 3 rings (SSSR count). The third kappa shape index (κ3) is 4.75. The minimum absolute atomic E-state index is 0.344. The minimum Gasteiger partial charge on any atom is -0.496 e. The molecule has 0 aliphatic heterocycles. The predicted molar refractivity (Wildman–Crippen MR) is 109 cm³/mol. The van der Waals surface area contributed by atoms with Gasteiger partial charge in [-0.25, -0.2) is 21.9 Å². The molecule has 0 aromatic heterocycles. The van der Waals surface area contributed by atoms with Gasteiger partial charge in [-0.05, 0) is 54.4 Å². The van der Waals surface area contributed by atoms with Crippen molar-refractivity contribution in [3.05, 3.63) is 82.9 Å². The summed E-state index contributed by atoms with van der Waals surface area (Å²) in [4.78, 5) is -0.344. The summed E-state index contributed by atoms with van der Waals surface area (Å²) in [5, 5.41) is 0.567. The largest absolute Gasteiger partial charge is 0.496 e. The van der Waals surface area contributed by atoms with Gasteiger partial charge in [0.2, 0.25) is 10.0 Å².